The number of hydrogen-bond acceptors (Lipinski definition) is 5. The van der Waals surface area contributed by atoms with Gasteiger partial charge in [-0.25, -0.2) is 0 Å². The van der Waals surface area contributed by atoms with Gasteiger partial charge in [0.05, 0.1) is 20.8 Å². The molecule has 0 aromatic heterocycles. The van der Waals surface area contributed by atoms with E-state index in [4.69, 9.17) is 14.2 Å². The van der Waals surface area contributed by atoms with Gasteiger partial charge in [0.1, 0.15) is 6.10 Å². The smallest absolute Gasteiger partial charge is 0.233 e. The zero-order valence-electron chi connectivity index (χ0n) is 13.1. The second-order valence-corrected chi connectivity index (χ2v) is 4.91. The largest absolute Gasteiger partial charge is 0.493 e. The molecule has 2 aromatic rings. The molecule has 0 amide bonds. The van der Waals surface area contributed by atoms with E-state index in [2.05, 4.69) is 0 Å². The van der Waals surface area contributed by atoms with Crippen LogP contribution in [0.2, 0.25) is 0 Å². The zero-order chi connectivity index (χ0) is 16.7. The van der Waals surface area contributed by atoms with Gasteiger partial charge in [-0.2, -0.15) is 0 Å². The van der Waals surface area contributed by atoms with Gasteiger partial charge in [0.2, 0.25) is 6.54 Å². The van der Waals surface area contributed by atoms with Gasteiger partial charge in [-0.1, -0.05) is 36.4 Å². The maximum absolute atomic E-state index is 10.9. The molecule has 0 saturated carbocycles. The Hall–Kier alpha value is -2.60. The van der Waals surface area contributed by atoms with Crippen molar-refractivity contribution in [1.29, 1.82) is 0 Å². The maximum Gasteiger partial charge on any atom is 0.233 e. The minimum absolute atomic E-state index is 0.299. The molecular formula is C17H19NO5. The molecule has 0 fully saturated rings. The van der Waals surface area contributed by atoms with Crippen LogP contribution in [0.3, 0.4) is 0 Å². The molecular weight excluding hydrogens is 298 g/mol. The predicted molar refractivity (Wildman–Crippen MR) is 85.4 cm³/mol. The fourth-order valence-corrected chi connectivity index (χ4v) is 2.21. The molecule has 0 aliphatic carbocycles. The van der Waals surface area contributed by atoms with Crippen molar-refractivity contribution in [1.82, 2.24) is 0 Å². The second kappa shape index (κ2) is 8.14. The Morgan fingerprint density at radius 2 is 1.74 bits per heavy atom. The molecule has 6 heteroatoms. The van der Waals surface area contributed by atoms with Crippen molar-refractivity contribution in [3.8, 4) is 11.5 Å². The van der Waals surface area contributed by atoms with E-state index < -0.39 is 6.10 Å². The van der Waals surface area contributed by atoms with E-state index in [-0.39, 0.29) is 11.5 Å². The number of hydrogen-bond donors (Lipinski definition) is 0. The first-order chi connectivity index (χ1) is 11.1. The molecule has 2 rings (SSSR count). The number of nitro groups is 1. The summed E-state index contributed by atoms with van der Waals surface area (Å²) in [5.74, 6) is 1.08. The molecule has 1 atom stereocenters. The summed E-state index contributed by atoms with van der Waals surface area (Å²) in [6.07, 6.45) is -0.662. The Morgan fingerprint density at radius 1 is 1.04 bits per heavy atom. The fraction of sp³-hybridized carbons (Fsp3) is 0.294. The van der Waals surface area contributed by atoms with Crippen LogP contribution in [0, 0.1) is 10.1 Å². The van der Waals surface area contributed by atoms with Crippen LogP contribution >= 0.6 is 0 Å². The van der Waals surface area contributed by atoms with Crippen molar-refractivity contribution in [2.75, 3.05) is 20.8 Å². The highest BCUT2D eigenvalue weighted by molar-refractivity contribution is 5.43. The summed E-state index contributed by atoms with van der Waals surface area (Å²) in [5, 5.41) is 10.9. The highest BCUT2D eigenvalue weighted by atomic mass is 16.6. The quantitative estimate of drug-likeness (QED) is 0.552. The Morgan fingerprint density at radius 3 is 2.35 bits per heavy atom. The molecule has 6 nitrogen and oxygen atoms in total. The predicted octanol–water partition coefficient (Wildman–Crippen LogP) is 3.24. The monoisotopic (exact) mass is 317 g/mol. The van der Waals surface area contributed by atoms with Crippen molar-refractivity contribution in [3.63, 3.8) is 0 Å². The summed E-state index contributed by atoms with van der Waals surface area (Å²) in [4.78, 5) is 10.6. The second-order valence-electron chi connectivity index (χ2n) is 4.91. The molecule has 1 unspecified atom stereocenters. The topological polar surface area (TPSA) is 70.8 Å². The third-order valence-corrected chi connectivity index (χ3v) is 3.39. The van der Waals surface area contributed by atoms with Crippen molar-refractivity contribution >= 4 is 0 Å². The summed E-state index contributed by atoms with van der Waals surface area (Å²) < 4.78 is 16.2. The summed E-state index contributed by atoms with van der Waals surface area (Å²) in [6, 6.07) is 14.7. The fourth-order valence-electron chi connectivity index (χ4n) is 2.21. The first kappa shape index (κ1) is 16.8. The molecule has 0 aliphatic rings. The molecule has 122 valence electrons. The van der Waals surface area contributed by atoms with Crippen LogP contribution in [0.25, 0.3) is 0 Å². The van der Waals surface area contributed by atoms with Crippen molar-refractivity contribution in [3.05, 3.63) is 69.8 Å². The van der Waals surface area contributed by atoms with Gasteiger partial charge >= 0.3 is 0 Å². The van der Waals surface area contributed by atoms with Gasteiger partial charge in [0.15, 0.2) is 11.5 Å². The number of methoxy groups -OCH3 is 2. The number of ether oxygens (including phenoxy) is 3. The van der Waals surface area contributed by atoms with Gasteiger partial charge in [0, 0.05) is 4.92 Å². The minimum atomic E-state index is -0.662. The highest BCUT2D eigenvalue weighted by Crippen LogP contribution is 2.31. The van der Waals surface area contributed by atoms with Crippen LogP contribution in [0.15, 0.2) is 48.5 Å². The third-order valence-electron chi connectivity index (χ3n) is 3.39. The van der Waals surface area contributed by atoms with Crippen LogP contribution in [-0.2, 0) is 11.3 Å². The van der Waals surface area contributed by atoms with Gasteiger partial charge in [-0.05, 0) is 23.3 Å². The van der Waals surface area contributed by atoms with Crippen molar-refractivity contribution in [2.24, 2.45) is 0 Å². The first-order valence-electron chi connectivity index (χ1n) is 7.13. The molecule has 0 bridgehead atoms. The third kappa shape index (κ3) is 4.69. The Kier molecular flexibility index (Phi) is 5.94. The van der Waals surface area contributed by atoms with Gasteiger partial charge in [-0.3, -0.25) is 10.1 Å². The van der Waals surface area contributed by atoms with Crippen LogP contribution < -0.4 is 9.47 Å². The lowest BCUT2D eigenvalue weighted by Crippen LogP contribution is -2.16. The molecule has 23 heavy (non-hydrogen) atoms. The average Bonchev–Trinajstić information content (AvgIpc) is 2.58. The SMILES string of the molecule is COc1ccc(C(C[N+](=O)[O-])OCc2ccccc2)cc1OC. The Bertz CT molecular complexity index is 645. The highest BCUT2D eigenvalue weighted by Gasteiger charge is 2.20. The summed E-state index contributed by atoms with van der Waals surface area (Å²) in [5.41, 5.74) is 1.64. The van der Waals surface area contributed by atoms with Crippen molar-refractivity contribution in [2.45, 2.75) is 12.7 Å². The molecule has 0 heterocycles. The molecule has 0 aliphatic heterocycles. The van der Waals surface area contributed by atoms with E-state index in [0.717, 1.165) is 5.56 Å². The Balaban J connectivity index is 2.18. The first-order valence-corrected chi connectivity index (χ1v) is 7.13. The lowest BCUT2D eigenvalue weighted by Gasteiger charge is -2.16. The number of nitrogens with zero attached hydrogens (tertiary/aromatic N) is 1. The number of rotatable bonds is 8. The van der Waals surface area contributed by atoms with E-state index in [1.165, 1.54) is 14.2 Å². The summed E-state index contributed by atoms with van der Waals surface area (Å²) in [6.45, 7) is -0.0178. The van der Waals surface area contributed by atoms with Crippen LogP contribution in [0.1, 0.15) is 17.2 Å². The van der Waals surface area contributed by atoms with Crippen molar-refractivity contribution < 1.29 is 19.1 Å². The molecule has 0 spiro atoms. The molecule has 0 N–H and O–H groups in total. The van der Waals surface area contributed by atoms with E-state index in [9.17, 15) is 10.1 Å². The molecule has 0 radical (unpaired) electrons. The van der Waals surface area contributed by atoms with E-state index in [0.29, 0.717) is 23.7 Å². The van der Waals surface area contributed by atoms with Gasteiger partial charge in [0.25, 0.3) is 0 Å². The maximum atomic E-state index is 10.9. The van der Waals surface area contributed by atoms with Crippen LogP contribution in [-0.4, -0.2) is 25.7 Å². The lowest BCUT2D eigenvalue weighted by molar-refractivity contribution is -0.493. The summed E-state index contributed by atoms with van der Waals surface area (Å²) >= 11 is 0. The van der Waals surface area contributed by atoms with Gasteiger partial charge < -0.3 is 14.2 Å². The van der Waals surface area contributed by atoms with Gasteiger partial charge in [-0.15, -0.1) is 0 Å². The van der Waals surface area contributed by atoms with E-state index >= 15 is 0 Å². The lowest BCUT2D eigenvalue weighted by atomic mass is 10.1. The number of benzene rings is 2. The summed E-state index contributed by atoms with van der Waals surface area (Å²) in [7, 11) is 3.06. The normalized spacial score (nSPS) is 11.7. The van der Waals surface area contributed by atoms with Crippen LogP contribution in [0.5, 0.6) is 11.5 Å². The molecule has 2 aromatic carbocycles. The minimum Gasteiger partial charge on any atom is -0.493 e. The zero-order valence-corrected chi connectivity index (χ0v) is 13.1. The molecule has 0 saturated heterocycles. The van der Waals surface area contributed by atoms with E-state index in [1.54, 1.807) is 18.2 Å². The standard InChI is InChI=1S/C17H19NO5/c1-21-15-9-8-14(10-16(15)22-2)17(11-18(19)20)23-12-13-6-4-3-5-7-13/h3-10,17H,11-12H2,1-2H3. The van der Waals surface area contributed by atoms with E-state index in [1.807, 2.05) is 30.3 Å². The Labute approximate surface area is 134 Å². The average molecular weight is 317 g/mol. The van der Waals surface area contributed by atoms with Crippen LogP contribution in [0.4, 0.5) is 0 Å².